The molecule has 0 aliphatic carbocycles. The molecule has 0 aliphatic heterocycles. The zero-order chi connectivity index (χ0) is 17.7. The lowest BCUT2D eigenvalue weighted by Gasteiger charge is -2.32. The Bertz CT molecular complexity index is 568. The molecular formula is C19H29NO3. The van der Waals surface area contributed by atoms with Crippen LogP contribution < -0.4 is 14.8 Å². The lowest BCUT2D eigenvalue weighted by molar-refractivity contribution is -0.118. The average Bonchev–Trinajstić information content (AvgIpc) is 2.41. The number of carbonyl (C=O) groups excluding carboxylic acids is 1. The predicted molar refractivity (Wildman–Crippen MR) is 94.9 cm³/mol. The van der Waals surface area contributed by atoms with Crippen molar-refractivity contribution < 1.29 is 14.3 Å². The fourth-order valence-electron chi connectivity index (χ4n) is 2.88. The number of methoxy groups -OCH3 is 2. The molecule has 1 aromatic rings. The van der Waals surface area contributed by atoms with Gasteiger partial charge in [0.2, 0.25) is 5.91 Å². The number of ether oxygens (including phenoxy) is 2. The van der Waals surface area contributed by atoms with Crippen LogP contribution in [0.5, 0.6) is 11.5 Å². The zero-order valence-electron chi connectivity index (χ0n) is 15.3. The number of nitrogens with one attached hydrogen (secondary N) is 1. The highest BCUT2D eigenvalue weighted by molar-refractivity contribution is 5.92. The number of benzene rings is 1. The van der Waals surface area contributed by atoms with Crippen LogP contribution in [0, 0.1) is 5.41 Å². The van der Waals surface area contributed by atoms with Crippen LogP contribution in [0.4, 0.5) is 0 Å². The highest BCUT2D eigenvalue weighted by atomic mass is 16.5. The summed E-state index contributed by atoms with van der Waals surface area (Å²) in [6.45, 7) is 10.6. The van der Waals surface area contributed by atoms with Crippen LogP contribution in [0.3, 0.4) is 0 Å². The minimum absolute atomic E-state index is 0.121. The smallest absolute Gasteiger partial charge is 0.244 e. The van der Waals surface area contributed by atoms with Crippen molar-refractivity contribution in [3.8, 4) is 11.5 Å². The van der Waals surface area contributed by atoms with E-state index in [1.165, 1.54) is 6.08 Å². The van der Waals surface area contributed by atoms with Crippen LogP contribution in [0.1, 0.15) is 46.6 Å². The first kappa shape index (κ1) is 19.1. The second-order valence-corrected chi connectivity index (χ2v) is 7.55. The maximum absolute atomic E-state index is 12.2. The van der Waals surface area contributed by atoms with Crippen LogP contribution in [-0.4, -0.2) is 25.7 Å². The minimum atomic E-state index is -0.266. The first-order valence-corrected chi connectivity index (χ1v) is 7.78. The van der Waals surface area contributed by atoms with Crippen molar-refractivity contribution in [1.82, 2.24) is 5.32 Å². The molecule has 1 aromatic carbocycles. The molecule has 0 radical (unpaired) electrons. The van der Waals surface area contributed by atoms with Gasteiger partial charge < -0.3 is 14.8 Å². The van der Waals surface area contributed by atoms with E-state index < -0.39 is 0 Å². The molecule has 0 aliphatic rings. The molecular weight excluding hydrogens is 290 g/mol. The molecule has 128 valence electrons. The molecule has 23 heavy (non-hydrogen) atoms. The van der Waals surface area contributed by atoms with Crippen molar-refractivity contribution in [1.29, 1.82) is 0 Å². The summed E-state index contributed by atoms with van der Waals surface area (Å²) in [7, 11) is 3.21. The molecule has 0 saturated carbocycles. The molecule has 0 bridgehead atoms. The topological polar surface area (TPSA) is 47.6 Å². The quantitative estimate of drug-likeness (QED) is 0.805. The first-order chi connectivity index (χ1) is 10.6. The van der Waals surface area contributed by atoms with Crippen LogP contribution >= 0.6 is 0 Å². The molecule has 0 heterocycles. The average molecular weight is 319 g/mol. The number of carbonyl (C=O) groups is 1. The Balaban J connectivity index is 2.83. The van der Waals surface area contributed by atoms with Gasteiger partial charge in [-0.05, 0) is 50.0 Å². The van der Waals surface area contributed by atoms with E-state index in [1.807, 2.05) is 32.0 Å². The van der Waals surface area contributed by atoms with Gasteiger partial charge in [-0.25, -0.2) is 0 Å². The number of hydrogen-bond donors (Lipinski definition) is 1. The van der Waals surface area contributed by atoms with Gasteiger partial charge in [-0.15, -0.1) is 0 Å². The van der Waals surface area contributed by atoms with E-state index in [2.05, 4.69) is 26.1 Å². The van der Waals surface area contributed by atoms with Crippen LogP contribution in [-0.2, 0) is 4.79 Å². The van der Waals surface area contributed by atoms with E-state index in [1.54, 1.807) is 20.3 Å². The molecule has 1 N–H and O–H groups in total. The summed E-state index contributed by atoms with van der Waals surface area (Å²) in [5.41, 5.74) is 0.685. The Labute approximate surface area is 139 Å². The standard InChI is InChI=1S/C19H29NO3/c1-18(2,3)13-19(4,5)20-17(21)11-8-14-12-15(22-6)9-10-16(14)23-7/h8-12H,13H2,1-7H3,(H,20,21)/b11-8+. The predicted octanol–water partition coefficient (Wildman–Crippen LogP) is 4.05. The lowest BCUT2D eigenvalue weighted by atomic mass is 9.82. The third kappa shape index (κ3) is 6.76. The Morgan fingerprint density at radius 2 is 1.78 bits per heavy atom. The number of amides is 1. The summed E-state index contributed by atoms with van der Waals surface area (Å²) in [5.74, 6) is 1.30. The fourth-order valence-corrected chi connectivity index (χ4v) is 2.88. The zero-order valence-corrected chi connectivity index (χ0v) is 15.3. The summed E-state index contributed by atoms with van der Waals surface area (Å²) in [6.07, 6.45) is 4.16. The largest absolute Gasteiger partial charge is 0.497 e. The van der Waals surface area contributed by atoms with Gasteiger partial charge in [-0.3, -0.25) is 4.79 Å². The van der Waals surface area contributed by atoms with Gasteiger partial charge in [0, 0.05) is 17.2 Å². The fraction of sp³-hybridized carbons (Fsp3) is 0.526. The van der Waals surface area contributed by atoms with E-state index >= 15 is 0 Å². The molecule has 4 heteroatoms. The Morgan fingerprint density at radius 1 is 1.13 bits per heavy atom. The maximum atomic E-state index is 12.2. The molecule has 0 aromatic heterocycles. The molecule has 4 nitrogen and oxygen atoms in total. The van der Waals surface area contributed by atoms with Crippen LogP contribution in [0.2, 0.25) is 0 Å². The Kier molecular flexibility index (Phi) is 6.25. The van der Waals surface area contributed by atoms with Gasteiger partial charge in [0.1, 0.15) is 11.5 Å². The van der Waals surface area contributed by atoms with E-state index in [0.29, 0.717) is 5.75 Å². The van der Waals surface area contributed by atoms with E-state index in [9.17, 15) is 4.79 Å². The van der Waals surface area contributed by atoms with Crippen molar-refractivity contribution in [3.63, 3.8) is 0 Å². The van der Waals surface area contributed by atoms with Gasteiger partial charge in [0.05, 0.1) is 14.2 Å². The SMILES string of the molecule is COc1ccc(OC)c(/C=C/C(=O)NC(C)(C)CC(C)(C)C)c1. The van der Waals surface area contributed by atoms with Crippen LogP contribution in [0.25, 0.3) is 6.08 Å². The molecule has 0 unspecified atom stereocenters. The van der Waals surface area contributed by atoms with E-state index in [0.717, 1.165) is 17.7 Å². The van der Waals surface area contributed by atoms with E-state index in [4.69, 9.17) is 9.47 Å². The summed E-state index contributed by atoms with van der Waals surface area (Å²) >= 11 is 0. The van der Waals surface area contributed by atoms with Crippen molar-refractivity contribution in [2.45, 2.75) is 46.6 Å². The van der Waals surface area contributed by atoms with E-state index in [-0.39, 0.29) is 16.9 Å². The lowest BCUT2D eigenvalue weighted by Crippen LogP contribution is -2.45. The molecule has 0 spiro atoms. The third-order valence-corrected chi connectivity index (χ3v) is 3.28. The molecule has 1 amide bonds. The van der Waals surface area contributed by atoms with Gasteiger partial charge in [-0.2, -0.15) is 0 Å². The summed E-state index contributed by atoms with van der Waals surface area (Å²) in [5, 5.41) is 3.05. The monoisotopic (exact) mass is 319 g/mol. The molecule has 0 atom stereocenters. The Morgan fingerprint density at radius 3 is 2.30 bits per heavy atom. The minimum Gasteiger partial charge on any atom is -0.497 e. The molecule has 0 saturated heterocycles. The maximum Gasteiger partial charge on any atom is 0.244 e. The van der Waals surface area contributed by atoms with Gasteiger partial charge in [0.15, 0.2) is 0 Å². The highest BCUT2D eigenvalue weighted by Crippen LogP contribution is 2.27. The van der Waals surface area contributed by atoms with Gasteiger partial charge in [0.25, 0.3) is 0 Å². The normalized spacial score (nSPS) is 12.3. The van der Waals surface area contributed by atoms with Crippen molar-refractivity contribution in [2.75, 3.05) is 14.2 Å². The molecule has 0 fully saturated rings. The van der Waals surface area contributed by atoms with Crippen molar-refractivity contribution in [2.24, 2.45) is 5.41 Å². The second-order valence-electron chi connectivity index (χ2n) is 7.55. The summed E-state index contributed by atoms with van der Waals surface area (Å²) in [4.78, 5) is 12.2. The molecule has 1 rings (SSSR count). The first-order valence-electron chi connectivity index (χ1n) is 7.78. The summed E-state index contributed by atoms with van der Waals surface area (Å²) < 4.78 is 10.5. The van der Waals surface area contributed by atoms with Gasteiger partial charge >= 0.3 is 0 Å². The van der Waals surface area contributed by atoms with Crippen molar-refractivity contribution >= 4 is 12.0 Å². The van der Waals surface area contributed by atoms with Crippen LogP contribution in [0.15, 0.2) is 24.3 Å². The second kappa shape index (κ2) is 7.53. The number of hydrogen-bond acceptors (Lipinski definition) is 3. The summed E-state index contributed by atoms with van der Waals surface area (Å²) in [6, 6.07) is 5.48. The number of rotatable bonds is 6. The highest BCUT2D eigenvalue weighted by Gasteiger charge is 2.26. The van der Waals surface area contributed by atoms with Crippen molar-refractivity contribution in [3.05, 3.63) is 29.8 Å². The van der Waals surface area contributed by atoms with Gasteiger partial charge in [-0.1, -0.05) is 20.8 Å². The Hall–Kier alpha value is -1.97. The third-order valence-electron chi connectivity index (χ3n) is 3.28.